The zero-order valence-corrected chi connectivity index (χ0v) is 17.2. The number of nitrogens with zero attached hydrogens (tertiary/aromatic N) is 2. The van der Waals surface area contributed by atoms with E-state index in [4.69, 9.17) is 4.74 Å². The molecule has 1 aliphatic carbocycles. The average molecular weight is 422 g/mol. The van der Waals surface area contributed by atoms with E-state index in [1.54, 1.807) is 17.0 Å². The lowest BCUT2D eigenvalue weighted by Crippen LogP contribution is -2.51. The van der Waals surface area contributed by atoms with Crippen LogP contribution in [0.4, 0.5) is 0 Å². The van der Waals surface area contributed by atoms with Crippen LogP contribution in [0.5, 0.6) is 0 Å². The molecular weight excluding hydrogens is 394 g/mol. The molecule has 0 spiro atoms. The van der Waals surface area contributed by atoms with Crippen LogP contribution < -0.4 is 4.72 Å². The van der Waals surface area contributed by atoms with Crippen LogP contribution in [0.2, 0.25) is 0 Å². The number of rotatable bonds is 6. The lowest BCUT2D eigenvalue weighted by atomic mass is 10.1. The first kappa shape index (κ1) is 20.3. The zero-order chi connectivity index (χ0) is 20.4. The van der Waals surface area contributed by atoms with Crippen LogP contribution in [0.3, 0.4) is 0 Å². The van der Waals surface area contributed by atoms with E-state index in [9.17, 15) is 18.0 Å². The molecule has 1 saturated carbocycles. The van der Waals surface area contributed by atoms with Crippen LogP contribution in [0.1, 0.15) is 36.0 Å². The van der Waals surface area contributed by atoms with Crippen molar-refractivity contribution in [2.45, 2.75) is 36.7 Å². The Morgan fingerprint density at radius 2 is 1.79 bits per heavy atom. The summed E-state index contributed by atoms with van der Waals surface area (Å²) in [6, 6.07) is 6.12. The highest BCUT2D eigenvalue weighted by molar-refractivity contribution is 7.89. The summed E-state index contributed by atoms with van der Waals surface area (Å²) >= 11 is 0. The molecule has 1 N–H and O–H groups in total. The molecule has 9 heteroatoms. The Bertz CT molecular complexity index is 870. The van der Waals surface area contributed by atoms with Crippen molar-refractivity contribution in [1.29, 1.82) is 0 Å². The highest BCUT2D eigenvalue weighted by Crippen LogP contribution is 2.31. The molecule has 0 aromatic heterocycles. The fraction of sp³-hybridized carbons (Fsp3) is 0.600. The number of carbonyl (C=O) groups is 2. The van der Waals surface area contributed by atoms with E-state index >= 15 is 0 Å². The van der Waals surface area contributed by atoms with Gasteiger partial charge in [-0.15, -0.1) is 0 Å². The maximum Gasteiger partial charge on any atom is 0.254 e. The van der Waals surface area contributed by atoms with Gasteiger partial charge in [0.15, 0.2) is 0 Å². The topological polar surface area (TPSA) is 96.0 Å². The molecule has 0 radical (unpaired) electrons. The second-order valence-corrected chi connectivity index (χ2v) is 9.67. The quantitative estimate of drug-likeness (QED) is 0.734. The van der Waals surface area contributed by atoms with Gasteiger partial charge in [-0.05, 0) is 43.9 Å². The Balaban J connectivity index is 1.37. The molecule has 3 fully saturated rings. The third-order valence-corrected chi connectivity index (χ3v) is 7.14. The molecule has 1 atom stereocenters. The molecule has 158 valence electrons. The molecule has 29 heavy (non-hydrogen) atoms. The van der Waals surface area contributed by atoms with Gasteiger partial charge in [-0.2, -0.15) is 0 Å². The lowest BCUT2D eigenvalue weighted by Gasteiger charge is -2.35. The number of nitrogens with one attached hydrogen (secondary N) is 1. The van der Waals surface area contributed by atoms with Crippen LogP contribution >= 0.6 is 0 Å². The standard InChI is InChI=1S/C20H27N3O5S/c24-19(15-6-7-15)22-8-10-23(11-9-22)20(25)16-3-1-5-18(13-16)29(26,27)21-14-17-4-2-12-28-17/h1,3,5,13,15,17,21H,2,4,6-12,14H2. The van der Waals surface area contributed by atoms with E-state index in [-0.39, 0.29) is 35.3 Å². The van der Waals surface area contributed by atoms with Gasteiger partial charge in [-0.1, -0.05) is 6.07 Å². The number of benzene rings is 1. The second kappa shape index (κ2) is 8.41. The molecule has 0 bridgehead atoms. The number of sulfonamides is 1. The summed E-state index contributed by atoms with van der Waals surface area (Å²) in [7, 11) is -3.71. The van der Waals surface area contributed by atoms with Crippen LogP contribution in [0.25, 0.3) is 0 Å². The van der Waals surface area contributed by atoms with Gasteiger partial charge in [0, 0.05) is 50.8 Å². The van der Waals surface area contributed by atoms with Crippen molar-refractivity contribution in [2.24, 2.45) is 5.92 Å². The highest BCUT2D eigenvalue weighted by Gasteiger charge is 2.35. The maximum atomic E-state index is 12.9. The van der Waals surface area contributed by atoms with Gasteiger partial charge in [-0.3, -0.25) is 9.59 Å². The second-order valence-electron chi connectivity index (χ2n) is 7.91. The molecule has 2 heterocycles. The number of carbonyl (C=O) groups excluding carboxylic acids is 2. The summed E-state index contributed by atoms with van der Waals surface area (Å²) in [4.78, 5) is 28.6. The number of hydrogen-bond acceptors (Lipinski definition) is 5. The average Bonchev–Trinajstić information content (AvgIpc) is 3.47. The molecule has 1 unspecified atom stereocenters. The summed E-state index contributed by atoms with van der Waals surface area (Å²) in [5, 5.41) is 0. The molecule has 1 aromatic rings. The first-order chi connectivity index (χ1) is 13.9. The summed E-state index contributed by atoms with van der Waals surface area (Å²) in [6.07, 6.45) is 3.64. The molecule has 2 aliphatic heterocycles. The molecule has 4 rings (SSSR count). The van der Waals surface area contributed by atoms with Gasteiger partial charge < -0.3 is 14.5 Å². The van der Waals surface area contributed by atoms with E-state index in [0.717, 1.165) is 25.7 Å². The first-order valence-electron chi connectivity index (χ1n) is 10.2. The molecule has 8 nitrogen and oxygen atoms in total. The van der Waals surface area contributed by atoms with E-state index in [0.29, 0.717) is 38.3 Å². The Labute approximate surface area is 171 Å². The first-order valence-corrected chi connectivity index (χ1v) is 11.7. The molecule has 2 saturated heterocycles. The Morgan fingerprint density at radius 1 is 1.07 bits per heavy atom. The SMILES string of the molecule is O=C(c1cccc(S(=O)(=O)NCC2CCCO2)c1)N1CCN(C(=O)C2CC2)CC1. The fourth-order valence-corrected chi connectivity index (χ4v) is 4.90. The van der Waals surface area contributed by atoms with Crippen molar-refractivity contribution >= 4 is 21.8 Å². The van der Waals surface area contributed by atoms with Gasteiger partial charge in [0.2, 0.25) is 15.9 Å². The molecular formula is C20H27N3O5S. The molecule has 3 aliphatic rings. The van der Waals surface area contributed by atoms with Crippen LogP contribution in [0, 0.1) is 5.92 Å². The van der Waals surface area contributed by atoms with Gasteiger partial charge in [0.05, 0.1) is 11.0 Å². The lowest BCUT2D eigenvalue weighted by molar-refractivity contribution is -0.134. The number of piperazine rings is 1. The summed E-state index contributed by atoms with van der Waals surface area (Å²) in [5.74, 6) is 0.170. The van der Waals surface area contributed by atoms with E-state index < -0.39 is 10.0 Å². The maximum absolute atomic E-state index is 12.9. The van der Waals surface area contributed by atoms with Crippen molar-refractivity contribution in [2.75, 3.05) is 39.3 Å². The smallest absolute Gasteiger partial charge is 0.254 e. The minimum Gasteiger partial charge on any atom is -0.377 e. The van der Waals surface area contributed by atoms with Gasteiger partial charge in [0.1, 0.15) is 0 Å². The number of hydrogen-bond donors (Lipinski definition) is 1. The number of amides is 2. The van der Waals surface area contributed by atoms with Crippen LogP contribution in [-0.4, -0.2) is 75.5 Å². The molecule has 2 amide bonds. The zero-order valence-electron chi connectivity index (χ0n) is 16.4. The van der Waals surface area contributed by atoms with Crippen molar-refractivity contribution in [3.05, 3.63) is 29.8 Å². The van der Waals surface area contributed by atoms with Gasteiger partial charge in [0.25, 0.3) is 5.91 Å². The number of ether oxygens (including phenoxy) is 1. The largest absolute Gasteiger partial charge is 0.377 e. The van der Waals surface area contributed by atoms with Crippen molar-refractivity contribution < 1.29 is 22.7 Å². The third kappa shape index (κ3) is 4.79. The van der Waals surface area contributed by atoms with Crippen molar-refractivity contribution in [3.63, 3.8) is 0 Å². The minimum atomic E-state index is -3.71. The van der Waals surface area contributed by atoms with E-state index in [1.807, 2.05) is 4.90 Å². The Morgan fingerprint density at radius 3 is 2.45 bits per heavy atom. The van der Waals surface area contributed by atoms with Crippen LogP contribution in [-0.2, 0) is 19.6 Å². The Hall–Kier alpha value is -1.97. The monoisotopic (exact) mass is 421 g/mol. The minimum absolute atomic E-state index is 0.0731. The highest BCUT2D eigenvalue weighted by atomic mass is 32.2. The van der Waals surface area contributed by atoms with Gasteiger partial charge in [-0.25, -0.2) is 13.1 Å². The Kier molecular flexibility index (Phi) is 5.89. The summed E-state index contributed by atoms with van der Waals surface area (Å²) in [5.41, 5.74) is 0.340. The van der Waals surface area contributed by atoms with E-state index in [1.165, 1.54) is 12.1 Å². The van der Waals surface area contributed by atoms with Crippen molar-refractivity contribution in [1.82, 2.24) is 14.5 Å². The normalized spacial score (nSPS) is 22.7. The van der Waals surface area contributed by atoms with E-state index in [2.05, 4.69) is 4.72 Å². The van der Waals surface area contributed by atoms with Gasteiger partial charge >= 0.3 is 0 Å². The predicted molar refractivity (Wildman–Crippen MR) is 106 cm³/mol. The molecule has 1 aromatic carbocycles. The summed E-state index contributed by atoms with van der Waals surface area (Å²) in [6.45, 7) is 2.88. The predicted octanol–water partition coefficient (Wildman–Crippen LogP) is 0.838. The third-order valence-electron chi connectivity index (χ3n) is 5.72. The summed E-state index contributed by atoms with van der Waals surface area (Å²) < 4.78 is 33.2. The fourth-order valence-electron chi connectivity index (χ4n) is 3.79. The van der Waals surface area contributed by atoms with Crippen LogP contribution in [0.15, 0.2) is 29.2 Å². The van der Waals surface area contributed by atoms with Crippen molar-refractivity contribution in [3.8, 4) is 0 Å².